The number of piperazine rings is 1. The highest BCUT2D eigenvalue weighted by molar-refractivity contribution is 7.17. The average molecular weight is 476 g/mol. The van der Waals surface area contributed by atoms with Crippen LogP contribution in [0.1, 0.15) is 27.9 Å². The van der Waals surface area contributed by atoms with Crippen molar-refractivity contribution < 1.29 is 22.7 Å². The Bertz CT molecular complexity index is 1120. The normalized spacial score (nSPS) is 14.5. The summed E-state index contributed by atoms with van der Waals surface area (Å²) in [7, 11) is 0. The summed E-state index contributed by atoms with van der Waals surface area (Å²) in [6.45, 7) is 6.77. The van der Waals surface area contributed by atoms with Crippen LogP contribution in [0, 0.1) is 6.92 Å². The largest absolute Gasteiger partial charge is 0.492 e. The summed E-state index contributed by atoms with van der Waals surface area (Å²) in [5, 5.41) is 0.536. The molecule has 0 N–H and O–H groups in total. The van der Waals surface area contributed by atoms with Crippen LogP contribution >= 0.6 is 11.3 Å². The summed E-state index contributed by atoms with van der Waals surface area (Å²) in [4.78, 5) is 22.1. The van der Waals surface area contributed by atoms with Gasteiger partial charge in [-0.1, -0.05) is 24.3 Å². The fourth-order valence-corrected chi connectivity index (χ4v) is 4.85. The molecule has 0 radical (unpaired) electrons. The number of thiazole rings is 1. The lowest BCUT2D eigenvalue weighted by Gasteiger charge is -2.36. The van der Waals surface area contributed by atoms with E-state index in [1.54, 1.807) is 11.8 Å². The lowest BCUT2D eigenvalue weighted by molar-refractivity contribution is -0.137. The van der Waals surface area contributed by atoms with E-state index in [2.05, 4.69) is 9.88 Å². The van der Waals surface area contributed by atoms with Crippen molar-refractivity contribution in [2.24, 2.45) is 0 Å². The summed E-state index contributed by atoms with van der Waals surface area (Å²) in [6, 6.07) is 12.7. The molecule has 4 rings (SSSR count). The number of halogens is 3. The average Bonchev–Trinajstić information content (AvgIpc) is 3.20. The van der Waals surface area contributed by atoms with Crippen LogP contribution in [0.25, 0.3) is 10.6 Å². The number of anilines is 1. The Morgan fingerprint density at radius 3 is 2.36 bits per heavy atom. The zero-order chi connectivity index (χ0) is 23.6. The Kier molecular flexibility index (Phi) is 6.60. The zero-order valence-corrected chi connectivity index (χ0v) is 19.2. The molecular weight excluding hydrogens is 451 g/mol. The van der Waals surface area contributed by atoms with E-state index < -0.39 is 11.7 Å². The fraction of sp³-hybridized carbons (Fsp3) is 0.333. The number of benzene rings is 2. The maximum Gasteiger partial charge on any atom is 0.416 e. The van der Waals surface area contributed by atoms with Crippen molar-refractivity contribution in [3.63, 3.8) is 0 Å². The lowest BCUT2D eigenvalue weighted by Crippen LogP contribution is -2.48. The molecule has 0 bridgehead atoms. The number of aromatic nitrogens is 1. The third-order valence-corrected chi connectivity index (χ3v) is 6.72. The number of hydrogen-bond donors (Lipinski definition) is 0. The first kappa shape index (κ1) is 23.1. The Hall–Kier alpha value is -3.07. The summed E-state index contributed by atoms with van der Waals surface area (Å²) in [6.07, 6.45) is -4.39. The van der Waals surface area contributed by atoms with Gasteiger partial charge in [0.15, 0.2) is 0 Å². The number of carbonyl (C=O) groups excluding carboxylic acids is 1. The maximum absolute atomic E-state index is 13.2. The van der Waals surface area contributed by atoms with Crippen molar-refractivity contribution in [1.82, 2.24) is 9.88 Å². The molecule has 1 saturated heterocycles. The number of carbonyl (C=O) groups is 1. The van der Waals surface area contributed by atoms with Gasteiger partial charge < -0.3 is 14.5 Å². The van der Waals surface area contributed by atoms with Crippen LogP contribution in [0.2, 0.25) is 0 Å². The highest BCUT2D eigenvalue weighted by atomic mass is 32.1. The molecule has 1 aliphatic heterocycles. The number of amides is 1. The molecule has 1 amide bonds. The smallest absolute Gasteiger partial charge is 0.416 e. The maximum atomic E-state index is 13.2. The van der Waals surface area contributed by atoms with Gasteiger partial charge in [-0.25, -0.2) is 4.98 Å². The van der Waals surface area contributed by atoms with E-state index >= 15 is 0 Å². The second-order valence-corrected chi connectivity index (χ2v) is 8.69. The topological polar surface area (TPSA) is 45.7 Å². The molecule has 0 unspecified atom stereocenters. The van der Waals surface area contributed by atoms with Gasteiger partial charge in [0.25, 0.3) is 5.91 Å². The SMILES string of the molecule is CCOc1ccccc1N1CCN(C(=O)c2sc(-c3ccc(C(F)(F)F)cc3)nc2C)CC1. The van der Waals surface area contributed by atoms with Crippen LogP contribution in [0.4, 0.5) is 18.9 Å². The molecule has 0 saturated carbocycles. The third kappa shape index (κ3) is 4.98. The van der Waals surface area contributed by atoms with E-state index in [1.165, 1.54) is 23.5 Å². The molecule has 2 heterocycles. The lowest BCUT2D eigenvalue weighted by atomic mass is 10.1. The zero-order valence-electron chi connectivity index (χ0n) is 18.4. The van der Waals surface area contributed by atoms with Crippen LogP contribution in [0.15, 0.2) is 48.5 Å². The highest BCUT2D eigenvalue weighted by Gasteiger charge is 2.30. The molecule has 33 heavy (non-hydrogen) atoms. The monoisotopic (exact) mass is 475 g/mol. The first-order chi connectivity index (χ1) is 15.8. The summed E-state index contributed by atoms with van der Waals surface area (Å²) in [5.41, 5.74) is 1.46. The van der Waals surface area contributed by atoms with Crippen LogP contribution in [-0.2, 0) is 6.18 Å². The second-order valence-electron chi connectivity index (χ2n) is 7.69. The van der Waals surface area contributed by atoms with Crippen LogP contribution in [-0.4, -0.2) is 48.6 Å². The van der Waals surface area contributed by atoms with Crippen molar-refractivity contribution in [2.75, 3.05) is 37.7 Å². The predicted octanol–water partition coefficient (Wildman–Crippen LogP) is 5.50. The van der Waals surface area contributed by atoms with Gasteiger partial charge >= 0.3 is 6.18 Å². The number of hydrogen-bond acceptors (Lipinski definition) is 5. The van der Waals surface area contributed by atoms with Crippen molar-refractivity contribution in [3.05, 3.63) is 64.7 Å². The third-order valence-electron chi connectivity index (χ3n) is 5.52. The number of nitrogens with zero attached hydrogens (tertiary/aromatic N) is 3. The van der Waals surface area contributed by atoms with Gasteiger partial charge in [-0.05, 0) is 38.1 Å². The van der Waals surface area contributed by atoms with Crippen molar-refractivity contribution in [3.8, 4) is 16.3 Å². The van der Waals surface area contributed by atoms with E-state index in [4.69, 9.17) is 4.74 Å². The van der Waals surface area contributed by atoms with Crippen molar-refractivity contribution in [2.45, 2.75) is 20.0 Å². The molecule has 174 valence electrons. The van der Waals surface area contributed by atoms with Crippen LogP contribution in [0.5, 0.6) is 5.75 Å². The molecule has 1 fully saturated rings. The van der Waals surface area contributed by atoms with Gasteiger partial charge in [-0.3, -0.25) is 4.79 Å². The van der Waals surface area contributed by atoms with E-state index in [-0.39, 0.29) is 5.91 Å². The van der Waals surface area contributed by atoms with E-state index in [9.17, 15) is 18.0 Å². The minimum absolute atomic E-state index is 0.0964. The Labute approximate surface area is 194 Å². The Morgan fingerprint density at radius 1 is 1.06 bits per heavy atom. The van der Waals surface area contributed by atoms with Gasteiger partial charge in [-0.15, -0.1) is 11.3 Å². The first-order valence-corrected chi connectivity index (χ1v) is 11.5. The van der Waals surface area contributed by atoms with Gasteiger partial charge in [0.2, 0.25) is 0 Å². The number of alkyl halides is 3. The number of ether oxygens (including phenoxy) is 1. The van der Waals surface area contributed by atoms with Crippen LogP contribution in [0.3, 0.4) is 0 Å². The van der Waals surface area contributed by atoms with E-state index in [0.717, 1.165) is 23.6 Å². The minimum Gasteiger partial charge on any atom is -0.492 e. The van der Waals surface area contributed by atoms with Gasteiger partial charge in [0.1, 0.15) is 15.6 Å². The first-order valence-electron chi connectivity index (χ1n) is 10.7. The second kappa shape index (κ2) is 9.43. The molecular formula is C24H24F3N3O2S. The van der Waals surface area contributed by atoms with Gasteiger partial charge in [-0.2, -0.15) is 13.2 Å². The molecule has 2 aromatic carbocycles. The molecule has 3 aromatic rings. The number of aryl methyl sites for hydroxylation is 1. The molecule has 9 heteroatoms. The highest BCUT2D eigenvalue weighted by Crippen LogP contribution is 2.34. The molecule has 0 atom stereocenters. The van der Waals surface area contributed by atoms with Crippen LogP contribution < -0.4 is 9.64 Å². The standard InChI is InChI=1S/C24H24F3N3O2S/c1-3-32-20-7-5-4-6-19(20)29-12-14-30(15-13-29)23(31)21-16(2)28-22(33-21)17-8-10-18(11-9-17)24(25,26)27/h4-11H,3,12-15H2,1-2H3. The Morgan fingerprint density at radius 2 is 1.73 bits per heavy atom. The summed E-state index contributed by atoms with van der Waals surface area (Å²) >= 11 is 1.22. The van der Waals surface area contributed by atoms with E-state index in [0.29, 0.717) is 53.9 Å². The number of para-hydroxylation sites is 2. The quantitative estimate of drug-likeness (QED) is 0.489. The Balaban J connectivity index is 1.45. The molecule has 1 aliphatic rings. The van der Waals surface area contributed by atoms with E-state index in [1.807, 2.05) is 31.2 Å². The number of rotatable bonds is 5. The molecule has 0 aliphatic carbocycles. The predicted molar refractivity (Wildman–Crippen MR) is 123 cm³/mol. The summed E-state index contributed by atoms with van der Waals surface area (Å²) < 4.78 is 44.2. The van der Waals surface area contributed by atoms with Gasteiger partial charge in [0.05, 0.1) is 23.6 Å². The molecule has 5 nitrogen and oxygen atoms in total. The fourth-order valence-electron chi connectivity index (χ4n) is 3.81. The molecule has 1 aromatic heterocycles. The summed E-state index contributed by atoms with van der Waals surface area (Å²) in [5.74, 6) is 0.736. The minimum atomic E-state index is -4.39. The van der Waals surface area contributed by atoms with Crippen molar-refractivity contribution in [1.29, 1.82) is 0 Å². The van der Waals surface area contributed by atoms with Gasteiger partial charge in [0, 0.05) is 31.7 Å². The van der Waals surface area contributed by atoms with Crippen molar-refractivity contribution >= 4 is 22.9 Å². The molecule has 0 spiro atoms.